The van der Waals surface area contributed by atoms with Gasteiger partial charge in [0.15, 0.2) is 0 Å². The van der Waals surface area contributed by atoms with Crippen LogP contribution in [0.3, 0.4) is 0 Å². The van der Waals surface area contributed by atoms with Crippen molar-refractivity contribution in [2.45, 2.75) is 57.0 Å². The first-order chi connectivity index (χ1) is 9.78. The second kappa shape index (κ2) is 6.17. The van der Waals surface area contributed by atoms with Crippen LogP contribution in [0.4, 0.5) is 5.69 Å². The van der Waals surface area contributed by atoms with Crippen molar-refractivity contribution < 1.29 is 5.11 Å². The molecule has 3 rings (SSSR count). The molecule has 1 saturated heterocycles. The van der Waals surface area contributed by atoms with Gasteiger partial charge in [0.2, 0.25) is 0 Å². The van der Waals surface area contributed by atoms with Crippen LogP contribution in [0.2, 0.25) is 0 Å². The van der Waals surface area contributed by atoms with Crippen LogP contribution in [0.5, 0.6) is 0 Å². The minimum Gasteiger partial charge on any atom is -0.389 e. The molecule has 0 aromatic heterocycles. The molecule has 0 amide bonds. The fourth-order valence-corrected chi connectivity index (χ4v) is 4.02. The van der Waals surface area contributed by atoms with Crippen LogP contribution in [-0.2, 0) is 0 Å². The zero-order valence-corrected chi connectivity index (χ0v) is 12.4. The van der Waals surface area contributed by atoms with Crippen LogP contribution < -0.4 is 4.90 Å². The lowest BCUT2D eigenvalue weighted by Crippen LogP contribution is -2.48. The van der Waals surface area contributed by atoms with Gasteiger partial charge in [-0.1, -0.05) is 43.9 Å². The van der Waals surface area contributed by atoms with Crippen molar-refractivity contribution in [3.8, 4) is 0 Å². The molecule has 0 spiro atoms. The van der Waals surface area contributed by atoms with Crippen LogP contribution in [0.1, 0.15) is 51.4 Å². The van der Waals surface area contributed by atoms with E-state index in [1.807, 2.05) is 0 Å². The molecular weight excluding hydrogens is 246 g/mol. The Morgan fingerprint density at radius 3 is 2.10 bits per heavy atom. The molecule has 1 aliphatic carbocycles. The number of hydrogen-bond donors (Lipinski definition) is 1. The van der Waals surface area contributed by atoms with Gasteiger partial charge in [0.05, 0.1) is 5.60 Å². The summed E-state index contributed by atoms with van der Waals surface area (Å²) in [4.78, 5) is 2.42. The van der Waals surface area contributed by atoms with E-state index in [4.69, 9.17) is 0 Å². The number of rotatable bonds is 2. The van der Waals surface area contributed by atoms with Crippen LogP contribution in [0.25, 0.3) is 0 Å². The fourth-order valence-electron chi connectivity index (χ4n) is 4.02. The van der Waals surface area contributed by atoms with Crippen LogP contribution in [0, 0.1) is 5.92 Å². The second-order valence-electron chi connectivity index (χ2n) is 6.61. The highest BCUT2D eigenvalue weighted by Crippen LogP contribution is 2.38. The van der Waals surface area contributed by atoms with E-state index in [1.54, 1.807) is 0 Å². The maximum absolute atomic E-state index is 11.1. The van der Waals surface area contributed by atoms with Crippen LogP contribution in [0.15, 0.2) is 30.3 Å². The zero-order valence-electron chi connectivity index (χ0n) is 12.4. The van der Waals surface area contributed by atoms with Crippen molar-refractivity contribution in [3.05, 3.63) is 30.3 Å². The van der Waals surface area contributed by atoms with Crippen molar-refractivity contribution >= 4 is 5.69 Å². The van der Waals surface area contributed by atoms with Gasteiger partial charge in [-0.25, -0.2) is 0 Å². The standard InChI is InChI=1S/C18H27NO/c20-18(16-8-4-1-2-5-9-16)12-14-19(15-13-18)17-10-6-3-7-11-17/h3,6-7,10-11,16,20H,1-2,4-5,8-9,12-15H2. The molecule has 2 aliphatic rings. The molecule has 0 unspecified atom stereocenters. The van der Waals surface area contributed by atoms with Gasteiger partial charge in [-0.15, -0.1) is 0 Å². The smallest absolute Gasteiger partial charge is 0.0709 e. The molecule has 0 atom stereocenters. The number of benzene rings is 1. The maximum Gasteiger partial charge on any atom is 0.0709 e. The van der Waals surface area contributed by atoms with Crippen molar-refractivity contribution in [3.63, 3.8) is 0 Å². The van der Waals surface area contributed by atoms with Crippen molar-refractivity contribution in [1.29, 1.82) is 0 Å². The predicted octanol–water partition coefficient (Wildman–Crippen LogP) is 3.99. The van der Waals surface area contributed by atoms with E-state index < -0.39 is 5.60 Å². The summed E-state index contributed by atoms with van der Waals surface area (Å²) in [6.45, 7) is 1.99. The summed E-state index contributed by atoms with van der Waals surface area (Å²) in [6, 6.07) is 10.6. The number of anilines is 1. The molecule has 2 heteroatoms. The average Bonchev–Trinajstić information content (AvgIpc) is 2.79. The molecule has 2 fully saturated rings. The quantitative estimate of drug-likeness (QED) is 0.824. The summed E-state index contributed by atoms with van der Waals surface area (Å²) in [6.07, 6.45) is 9.71. The van der Waals surface area contributed by atoms with Gasteiger partial charge in [0.25, 0.3) is 0 Å². The molecule has 1 saturated carbocycles. The molecule has 1 aromatic rings. The Hall–Kier alpha value is -1.02. The Balaban J connectivity index is 1.62. The SMILES string of the molecule is OC1(C2CCCCCC2)CCN(c2ccccc2)CC1. The van der Waals surface area contributed by atoms with E-state index >= 15 is 0 Å². The van der Waals surface area contributed by atoms with E-state index in [9.17, 15) is 5.11 Å². The lowest BCUT2D eigenvalue weighted by Gasteiger charge is -2.43. The summed E-state index contributed by atoms with van der Waals surface area (Å²) in [7, 11) is 0. The van der Waals surface area contributed by atoms with Gasteiger partial charge in [0.1, 0.15) is 0 Å². The first-order valence-electron chi connectivity index (χ1n) is 8.30. The van der Waals surface area contributed by atoms with E-state index in [1.165, 1.54) is 44.2 Å². The molecule has 110 valence electrons. The van der Waals surface area contributed by atoms with Crippen molar-refractivity contribution in [1.82, 2.24) is 0 Å². The maximum atomic E-state index is 11.1. The Bertz CT molecular complexity index is 401. The van der Waals surface area contributed by atoms with Gasteiger partial charge >= 0.3 is 0 Å². The third-order valence-electron chi connectivity index (χ3n) is 5.37. The predicted molar refractivity (Wildman–Crippen MR) is 84.0 cm³/mol. The van der Waals surface area contributed by atoms with Crippen LogP contribution >= 0.6 is 0 Å². The highest BCUT2D eigenvalue weighted by atomic mass is 16.3. The Kier molecular flexibility index (Phi) is 4.30. The van der Waals surface area contributed by atoms with Gasteiger partial charge in [-0.05, 0) is 43.7 Å². The summed E-state index contributed by atoms with van der Waals surface area (Å²) in [5.41, 5.74) is 0.908. The summed E-state index contributed by atoms with van der Waals surface area (Å²) in [5, 5.41) is 11.1. The molecule has 20 heavy (non-hydrogen) atoms. The van der Waals surface area contributed by atoms with Gasteiger partial charge in [-0.2, -0.15) is 0 Å². The molecule has 1 N–H and O–H groups in total. The summed E-state index contributed by atoms with van der Waals surface area (Å²) >= 11 is 0. The third-order valence-corrected chi connectivity index (χ3v) is 5.37. The topological polar surface area (TPSA) is 23.5 Å². The molecule has 0 radical (unpaired) electrons. The van der Waals surface area contributed by atoms with E-state index in [0.29, 0.717) is 5.92 Å². The van der Waals surface area contributed by atoms with Crippen molar-refractivity contribution in [2.75, 3.05) is 18.0 Å². The monoisotopic (exact) mass is 273 g/mol. The largest absolute Gasteiger partial charge is 0.389 e. The summed E-state index contributed by atoms with van der Waals surface area (Å²) < 4.78 is 0. The highest BCUT2D eigenvalue weighted by molar-refractivity contribution is 5.46. The minimum absolute atomic E-state index is 0.393. The molecular formula is C18H27NO. The third kappa shape index (κ3) is 3.01. The van der Waals surface area contributed by atoms with Gasteiger partial charge in [-0.3, -0.25) is 0 Å². The number of nitrogens with zero attached hydrogens (tertiary/aromatic N) is 1. The molecule has 1 heterocycles. The molecule has 0 bridgehead atoms. The molecule has 2 nitrogen and oxygen atoms in total. The number of aliphatic hydroxyl groups is 1. The number of para-hydroxylation sites is 1. The lowest BCUT2D eigenvalue weighted by atomic mass is 9.75. The van der Waals surface area contributed by atoms with Gasteiger partial charge in [0, 0.05) is 18.8 Å². The lowest BCUT2D eigenvalue weighted by molar-refractivity contribution is -0.0444. The Morgan fingerprint density at radius 1 is 0.900 bits per heavy atom. The summed E-state index contributed by atoms with van der Waals surface area (Å²) in [5.74, 6) is 0.544. The highest BCUT2D eigenvalue weighted by Gasteiger charge is 2.39. The van der Waals surface area contributed by atoms with E-state index in [2.05, 4.69) is 35.2 Å². The van der Waals surface area contributed by atoms with E-state index in [0.717, 1.165) is 25.9 Å². The normalized spacial score (nSPS) is 24.4. The zero-order chi connectivity index (χ0) is 13.8. The minimum atomic E-state index is -0.393. The molecule has 1 aromatic carbocycles. The average molecular weight is 273 g/mol. The van der Waals surface area contributed by atoms with Crippen molar-refractivity contribution in [2.24, 2.45) is 5.92 Å². The van der Waals surface area contributed by atoms with Gasteiger partial charge < -0.3 is 10.0 Å². The van der Waals surface area contributed by atoms with Crippen LogP contribution in [-0.4, -0.2) is 23.8 Å². The Morgan fingerprint density at radius 2 is 1.50 bits per heavy atom. The Labute approximate surface area is 122 Å². The van der Waals surface area contributed by atoms with E-state index in [-0.39, 0.29) is 0 Å². The second-order valence-corrected chi connectivity index (χ2v) is 6.61. The first-order valence-corrected chi connectivity index (χ1v) is 8.30. The first kappa shape index (κ1) is 13.9. The molecule has 1 aliphatic heterocycles. The number of piperidine rings is 1. The number of hydrogen-bond acceptors (Lipinski definition) is 2. The fraction of sp³-hybridized carbons (Fsp3) is 0.667.